The van der Waals surface area contributed by atoms with E-state index in [-0.39, 0.29) is 11.7 Å². The zero-order valence-electron chi connectivity index (χ0n) is 18.2. The Hall–Kier alpha value is -1.85. The highest BCUT2D eigenvalue weighted by Crippen LogP contribution is 2.36. The molecule has 30 heavy (non-hydrogen) atoms. The van der Waals surface area contributed by atoms with Gasteiger partial charge in [-0.3, -0.25) is 4.79 Å². The summed E-state index contributed by atoms with van der Waals surface area (Å²) in [6.45, 7) is 2.11. The minimum Gasteiger partial charge on any atom is -0.493 e. The van der Waals surface area contributed by atoms with E-state index in [4.69, 9.17) is 9.47 Å². The van der Waals surface area contributed by atoms with Crippen molar-refractivity contribution in [3.8, 4) is 11.5 Å². The van der Waals surface area contributed by atoms with Gasteiger partial charge in [-0.15, -0.1) is 0 Å². The molecule has 0 saturated carbocycles. The van der Waals surface area contributed by atoms with Gasteiger partial charge in [-0.05, 0) is 94.1 Å². The molecule has 1 aliphatic rings. The van der Waals surface area contributed by atoms with Crippen LogP contribution in [0.3, 0.4) is 0 Å². The van der Waals surface area contributed by atoms with Crippen LogP contribution in [-0.2, 0) is 12.8 Å². The van der Waals surface area contributed by atoms with Gasteiger partial charge < -0.3 is 14.4 Å². The smallest absolute Gasteiger partial charge is 0.166 e. The summed E-state index contributed by atoms with van der Waals surface area (Å²) in [5.74, 6) is 1.71. The highest BCUT2D eigenvalue weighted by atomic mass is 79.9. The number of methoxy groups -OCH3 is 2. The second kappa shape index (κ2) is 11.0. The Morgan fingerprint density at radius 3 is 2.40 bits per heavy atom. The highest BCUT2D eigenvalue weighted by molar-refractivity contribution is 9.10. The third kappa shape index (κ3) is 5.86. The Labute approximate surface area is 188 Å². The van der Waals surface area contributed by atoms with Crippen molar-refractivity contribution in [2.24, 2.45) is 5.92 Å². The molecular formula is C25H32BrNO3. The van der Waals surface area contributed by atoms with Gasteiger partial charge in [-0.25, -0.2) is 0 Å². The summed E-state index contributed by atoms with van der Waals surface area (Å²) in [7, 11) is 5.42. The lowest BCUT2D eigenvalue weighted by Gasteiger charge is -2.25. The summed E-state index contributed by atoms with van der Waals surface area (Å²) >= 11 is 3.48. The molecule has 1 unspecified atom stereocenters. The predicted molar refractivity (Wildman–Crippen MR) is 125 cm³/mol. The first kappa shape index (κ1) is 22.8. The SMILES string of the molecule is COc1cc2c(cc1OC)C(=O)C(CCCN(C)CCCc1ccc(Br)cc1)CC2. The first-order valence-electron chi connectivity index (χ1n) is 10.7. The van der Waals surface area contributed by atoms with Crippen LogP contribution in [0, 0.1) is 5.92 Å². The zero-order chi connectivity index (χ0) is 21.5. The summed E-state index contributed by atoms with van der Waals surface area (Å²) in [5, 5.41) is 0. The van der Waals surface area contributed by atoms with Crippen LogP contribution >= 0.6 is 15.9 Å². The van der Waals surface area contributed by atoms with Crippen molar-refractivity contribution in [1.29, 1.82) is 0 Å². The summed E-state index contributed by atoms with van der Waals surface area (Å²) in [4.78, 5) is 15.4. The van der Waals surface area contributed by atoms with Crippen LogP contribution in [0.15, 0.2) is 40.9 Å². The molecule has 0 fully saturated rings. The van der Waals surface area contributed by atoms with Crippen molar-refractivity contribution in [1.82, 2.24) is 4.90 Å². The fraction of sp³-hybridized carbons (Fsp3) is 0.480. The predicted octanol–water partition coefficient (Wildman–Crippen LogP) is 5.56. The fourth-order valence-electron chi connectivity index (χ4n) is 4.24. The number of fused-ring (bicyclic) bond motifs is 1. The summed E-state index contributed by atoms with van der Waals surface area (Å²) in [6.07, 6.45) is 6.09. The van der Waals surface area contributed by atoms with E-state index in [1.165, 1.54) is 5.56 Å². The number of carbonyl (C=O) groups is 1. The van der Waals surface area contributed by atoms with Crippen LogP contribution in [0.4, 0.5) is 0 Å². The van der Waals surface area contributed by atoms with Gasteiger partial charge in [-0.2, -0.15) is 0 Å². The normalized spacial score (nSPS) is 15.9. The van der Waals surface area contributed by atoms with Gasteiger partial charge in [-0.1, -0.05) is 28.1 Å². The maximum absolute atomic E-state index is 13.0. The lowest BCUT2D eigenvalue weighted by atomic mass is 9.80. The van der Waals surface area contributed by atoms with E-state index in [2.05, 4.69) is 52.1 Å². The van der Waals surface area contributed by atoms with Gasteiger partial charge in [0, 0.05) is 16.0 Å². The maximum Gasteiger partial charge on any atom is 0.166 e. The molecule has 0 radical (unpaired) electrons. The number of ketones is 1. The number of nitrogens with zero attached hydrogens (tertiary/aromatic N) is 1. The minimum atomic E-state index is 0.117. The van der Waals surface area contributed by atoms with Crippen molar-refractivity contribution < 1.29 is 14.3 Å². The maximum atomic E-state index is 13.0. The van der Waals surface area contributed by atoms with E-state index in [1.54, 1.807) is 14.2 Å². The topological polar surface area (TPSA) is 38.8 Å². The largest absolute Gasteiger partial charge is 0.493 e. The van der Waals surface area contributed by atoms with Crippen molar-refractivity contribution in [3.05, 3.63) is 57.6 Å². The van der Waals surface area contributed by atoms with E-state index in [0.717, 1.165) is 67.2 Å². The van der Waals surface area contributed by atoms with Crippen LogP contribution in [0.2, 0.25) is 0 Å². The van der Waals surface area contributed by atoms with Crippen LogP contribution < -0.4 is 9.47 Å². The molecular weight excluding hydrogens is 442 g/mol. The third-order valence-electron chi connectivity index (χ3n) is 6.02. The van der Waals surface area contributed by atoms with E-state index < -0.39 is 0 Å². The van der Waals surface area contributed by atoms with Gasteiger partial charge in [0.15, 0.2) is 17.3 Å². The van der Waals surface area contributed by atoms with E-state index in [0.29, 0.717) is 11.5 Å². The number of carbonyl (C=O) groups excluding carboxylic acids is 1. The number of ether oxygens (including phenoxy) is 2. The number of aryl methyl sites for hydroxylation is 2. The molecule has 0 bridgehead atoms. The lowest BCUT2D eigenvalue weighted by molar-refractivity contribution is 0.0890. The number of halogens is 1. The first-order valence-corrected chi connectivity index (χ1v) is 11.5. The molecule has 0 aliphatic heterocycles. The zero-order valence-corrected chi connectivity index (χ0v) is 19.8. The molecule has 162 valence electrons. The van der Waals surface area contributed by atoms with Crippen LogP contribution in [-0.4, -0.2) is 45.0 Å². The molecule has 4 nitrogen and oxygen atoms in total. The average Bonchev–Trinajstić information content (AvgIpc) is 2.76. The first-order chi connectivity index (χ1) is 14.5. The number of benzene rings is 2. The summed E-state index contributed by atoms with van der Waals surface area (Å²) in [6, 6.07) is 12.4. The molecule has 0 aromatic heterocycles. The quantitative estimate of drug-likeness (QED) is 0.452. The average molecular weight is 474 g/mol. The van der Waals surface area contributed by atoms with E-state index in [9.17, 15) is 4.79 Å². The summed E-state index contributed by atoms with van der Waals surface area (Å²) in [5.41, 5.74) is 3.27. The summed E-state index contributed by atoms with van der Waals surface area (Å²) < 4.78 is 11.9. The minimum absolute atomic E-state index is 0.117. The van der Waals surface area contributed by atoms with E-state index in [1.807, 2.05) is 12.1 Å². The number of hydrogen-bond donors (Lipinski definition) is 0. The van der Waals surface area contributed by atoms with Gasteiger partial charge in [0.25, 0.3) is 0 Å². The number of Topliss-reactive ketones (excluding diaryl/α,β-unsaturated/α-hetero) is 1. The Morgan fingerprint density at radius 2 is 1.70 bits per heavy atom. The Kier molecular flexibility index (Phi) is 8.34. The third-order valence-corrected chi connectivity index (χ3v) is 6.55. The Morgan fingerprint density at radius 1 is 1.03 bits per heavy atom. The van der Waals surface area contributed by atoms with Crippen LogP contribution in [0.5, 0.6) is 11.5 Å². The monoisotopic (exact) mass is 473 g/mol. The molecule has 0 spiro atoms. The van der Waals surface area contributed by atoms with Crippen molar-refractivity contribution in [2.75, 3.05) is 34.4 Å². The number of rotatable bonds is 10. The Bertz CT molecular complexity index is 850. The molecule has 2 aromatic rings. The van der Waals surface area contributed by atoms with Gasteiger partial charge in [0.05, 0.1) is 14.2 Å². The van der Waals surface area contributed by atoms with Crippen molar-refractivity contribution in [2.45, 2.75) is 38.5 Å². The molecule has 5 heteroatoms. The van der Waals surface area contributed by atoms with Gasteiger partial charge in [0.2, 0.25) is 0 Å². The molecule has 0 amide bonds. The molecule has 0 saturated heterocycles. The van der Waals surface area contributed by atoms with E-state index >= 15 is 0 Å². The second-order valence-corrected chi connectivity index (χ2v) is 9.06. The fourth-order valence-corrected chi connectivity index (χ4v) is 4.50. The highest BCUT2D eigenvalue weighted by Gasteiger charge is 2.28. The molecule has 0 heterocycles. The van der Waals surface area contributed by atoms with Crippen molar-refractivity contribution >= 4 is 21.7 Å². The second-order valence-electron chi connectivity index (χ2n) is 8.14. The standard InChI is InChI=1S/C25H32BrNO3/c1-27(14-4-6-18-8-12-21(26)13-9-18)15-5-7-19-10-11-20-16-23(29-2)24(30-3)17-22(20)25(19)28/h8-9,12-13,16-17,19H,4-7,10-11,14-15H2,1-3H3. The van der Waals surface area contributed by atoms with Gasteiger partial charge >= 0.3 is 0 Å². The molecule has 1 aliphatic carbocycles. The number of hydrogen-bond acceptors (Lipinski definition) is 4. The van der Waals surface area contributed by atoms with Crippen molar-refractivity contribution in [3.63, 3.8) is 0 Å². The molecule has 0 N–H and O–H groups in total. The molecule has 1 atom stereocenters. The molecule has 2 aromatic carbocycles. The molecule has 3 rings (SSSR count). The lowest BCUT2D eigenvalue weighted by Crippen LogP contribution is -2.26. The van der Waals surface area contributed by atoms with Gasteiger partial charge in [0.1, 0.15) is 0 Å². The Balaban J connectivity index is 1.44. The van der Waals surface area contributed by atoms with Crippen LogP contribution in [0.1, 0.15) is 47.2 Å². The van der Waals surface area contributed by atoms with Crippen LogP contribution in [0.25, 0.3) is 0 Å².